The van der Waals surface area contributed by atoms with E-state index in [1.807, 2.05) is 43.0 Å². The zero-order valence-corrected chi connectivity index (χ0v) is 11.6. The summed E-state index contributed by atoms with van der Waals surface area (Å²) in [7, 11) is 0. The first-order valence-electron chi connectivity index (χ1n) is 6.79. The SMILES string of the molecule is CCC/C=C\c1ccccc1C(=O)N(CC)CC. The predicted octanol–water partition coefficient (Wildman–Crippen LogP) is 3.98. The minimum Gasteiger partial charge on any atom is -0.339 e. The molecule has 0 N–H and O–H groups in total. The molecule has 0 aliphatic rings. The van der Waals surface area contributed by atoms with Gasteiger partial charge in [-0.15, -0.1) is 0 Å². The van der Waals surface area contributed by atoms with Crippen LogP contribution in [-0.4, -0.2) is 23.9 Å². The molecule has 0 atom stereocenters. The third-order valence-corrected chi connectivity index (χ3v) is 2.99. The zero-order valence-electron chi connectivity index (χ0n) is 11.6. The molecule has 0 saturated heterocycles. The average molecular weight is 245 g/mol. The van der Waals surface area contributed by atoms with Gasteiger partial charge in [0, 0.05) is 18.7 Å². The quantitative estimate of drug-likeness (QED) is 0.742. The molecule has 2 nitrogen and oxygen atoms in total. The number of unbranched alkanes of at least 4 members (excludes halogenated alkanes) is 1. The highest BCUT2D eigenvalue weighted by molar-refractivity contribution is 5.97. The number of hydrogen-bond donors (Lipinski definition) is 0. The Labute approximate surface area is 110 Å². The summed E-state index contributed by atoms with van der Waals surface area (Å²) in [5.74, 6) is 0.122. The van der Waals surface area contributed by atoms with Crippen LogP contribution in [0.4, 0.5) is 0 Å². The highest BCUT2D eigenvalue weighted by Gasteiger charge is 2.14. The summed E-state index contributed by atoms with van der Waals surface area (Å²) in [6.45, 7) is 7.68. The van der Waals surface area contributed by atoms with Crippen LogP contribution >= 0.6 is 0 Å². The third-order valence-electron chi connectivity index (χ3n) is 2.99. The number of amides is 1. The maximum Gasteiger partial charge on any atom is 0.254 e. The van der Waals surface area contributed by atoms with E-state index in [-0.39, 0.29) is 5.91 Å². The minimum atomic E-state index is 0.122. The molecule has 0 heterocycles. The van der Waals surface area contributed by atoms with Crippen molar-refractivity contribution in [2.45, 2.75) is 33.6 Å². The van der Waals surface area contributed by atoms with Crippen molar-refractivity contribution in [3.05, 3.63) is 41.5 Å². The molecule has 0 saturated carbocycles. The van der Waals surface area contributed by atoms with Crippen molar-refractivity contribution in [3.8, 4) is 0 Å². The van der Waals surface area contributed by atoms with Crippen molar-refractivity contribution in [2.75, 3.05) is 13.1 Å². The number of carbonyl (C=O) groups is 1. The fourth-order valence-corrected chi connectivity index (χ4v) is 1.90. The van der Waals surface area contributed by atoms with E-state index in [1.165, 1.54) is 0 Å². The van der Waals surface area contributed by atoms with E-state index in [9.17, 15) is 4.79 Å². The molecule has 0 radical (unpaired) electrons. The molecule has 98 valence electrons. The van der Waals surface area contributed by atoms with E-state index in [2.05, 4.69) is 19.1 Å². The van der Waals surface area contributed by atoms with Gasteiger partial charge in [-0.1, -0.05) is 43.7 Å². The summed E-state index contributed by atoms with van der Waals surface area (Å²) >= 11 is 0. The lowest BCUT2D eigenvalue weighted by Crippen LogP contribution is -2.30. The molecule has 0 fully saturated rings. The van der Waals surface area contributed by atoms with Crippen LogP contribution in [0, 0.1) is 0 Å². The second-order valence-corrected chi connectivity index (χ2v) is 4.26. The summed E-state index contributed by atoms with van der Waals surface area (Å²) in [5.41, 5.74) is 1.82. The Morgan fingerprint density at radius 2 is 1.83 bits per heavy atom. The molecule has 2 heteroatoms. The first-order chi connectivity index (χ1) is 8.74. The normalized spacial score (nSPS) is 10.8. The lowest BCUT2D eigenvalue weighted by atomic mass is 10.1. The summed E-state index contributed by atoms with van der Waals surface area (Å²) < 4.78 is 0. The Morgan fingerprint density at radius 1 is 1.17 bits per heavy atom. The monoisotopic (exact) mass is 245 g/mol. The molecule has 18 heavy (non-hydrogen) atoms. The molecule has 0 unspecified atom stereocenters. The predicted molar refractivity (Wildman–Crippen MR) is 77.6 cm³/mol. The van der Waals surface area contributed by atoms with Gasteiger partial charge in [0.05, 0.1) is 0 Å². The molecule has 0 spiro atoms. The van der Waals surface area contributed by atoms with Crippen molar-refractivity contribution >= 4 is 12.0 Å². The number of nitrogens with zero attached hydrogens (tertiary/aromatic N) is 1. The largest absolute Gasteiger partial charge is 0.339 e. The van der Waals surface area contributed by atoms with Crippen LogP contribution < -0.4 is 0 Å². The van der Waals surface area contributed by atoms with E-state index in [1.54, 1.807) is 0 Å². The van der Waals surface area contributed by atoms with E-state index in [4.69, 9.17) is 0 Å². The maximum atomic E-state index is 12.4. The topological polar surface area (TPSA) is 20.3 Å². The van der Waals surface area contributed by atoms with Crippen LogP contribution in [0.1, 0.15) is 49.5 Å². The standard InChI is InChI=1S/C16H23NO/c1-4-7-8-11-14-12-9-10-13-15(14)16(18)17(5-2)6-3/h8-13H,4-7H2,1-3H3/b11-8-. The van der Waals surface area contributed by atoms with Gasteiger partial charge in [0.15, 0.2) is 0 Å². The van der Waals surface area contributed by atoms with Gasteiger partial charge in [0.2, 0.25) is 0 Å². The number of hydrogen-bond acceptors (Lipinski definition) is 1. The van der Waals surface area contributed by atoms with E-state index < -0.39 is 0 Å². The summed E-state index contributed by atoms with van der Waals surface area (Å²) in [6.07, 6.45) is 6.37. The summed E-state index contributed by atoms with van der Waals surface area (Å²) in [6, 6.07) is 7.81. The second-order valence-electron chi connectivity index (χ2n) is 4.26. The average Bonchev–Trinajstić information content (AvgIpc) is 2.41. The molecule has 1 amide bonds. The zero-order chi connectivity index (χ0) is 13.4. The highest BCUT2D eigenvalue weighted by atomic mass is 16.2. The van der Waals surface area contributed by atoms with E-state index >= 15 is 0 Å². The van der Waals surface area contributed by atoms with Crippen LogP contribution in [0.2, 0.25) is 0 Å². The van der Waals surface area contributed by atoms with Gasteiger partial charge in [0.25, 0.3) is 5.91 Å². The van der Waals surface area contributed by atoms with Crippen molar-refractivity contribution in [2.24, 2.45) is 0 Å². The molecule has 0 aliphatic carbocycles. The van der Waals surface area contributed by atoms with Gasteiger partial charge in [-0.3, -0.25) is 4.79 Å². The van der Waals surface area contributed by atoms with Crippen LogP contribution in [-0.2, 0) is 0 Å². The summed E-state index contributed by atoms with van der Waals surface area (Å²) in [4.78, 5) is 14.2. The Balaban J connectivity index is 2.97. The molecule has 1 aromatic carbocycles. The number of rotatable bonds is 6. The fourth-order valence-electron chi connectivity index (χ4n) is 1.90. The maximum absolute atomic E-state index is 12.4. The Kier molecular flexibility index (Phi) is 6.20. The van der Waals surface area contributed by atoms with Gasteiger partial charge >= 0.3 is 0 Å². The van der Waals surface area contributed by atoms with Crippen LogP contribution in [0.3, 0.4) is 0 Å². The first kappa shape index (κ1) is 14.5. The molecule has 0 aromatic heterocycles. The Bertz CT molecular complexity index is 405. The third kappa shape index (κ3) is 3.73. The first-order valence-corrected chi connectivity index (χ1v) is 6.79. The number of allylic oxidation sites excluding steroid dienone is 1. The Morgan fingerprint density at radius 3 is 2.44 bits per heavy atom. The highest BCUT2D eigenvalue weighted by Crippen LogP contribution is 2.14. The van der Waals surface area contributed by atoms with Gasteiger partial charge in [-0.2, -0.15) is 0 Å². The van der Waals surface area contributed by atoms with Gasteiger partial charge in [0.1, 0.15) is 0 Å². The van der Waals surface area contributed by atoms with Crippen molar-refractivity contribution < 1.29 is 4.79 Å². The van der Waals surface area contributed by atoms with E-state index in [0.717, 1.165) is 37.1 Å². The second kappa shape index (κ2) is 7.70. The van der Waals surface area contributed by atoms with Crippen molar-refractivity contribution in [1.29, 1.82) is 0 Å². The molecular weight excluding hydrogens is 222 g/mol. The molecule has 0 aliphatic heterocycles. The smallest absolute Gasteiger partial charge is 0.254 e. The fraction of sp³-hybridized carbons (Fsp3) is 0.438. The lowest BCUT2D eigenvalue weighted by molar-refractivity contribution is 0.0773. The Hall–Kier alpha value is -1.57. The van der Waals surface area contributed by atoms with E-state index in [0.29, 0.717) is 0 Å². The molecule has 0 bridgehead atoms. The molecular formula is C16H23NO. The number of benzene rings is 1. The lowest BCUT2D eigenvalue weighted by Gasteiger charge is -2.19. The van der Waals surface area contributed by atoms with Gasteiger partial charge in [-0.05, 0) is 31.9 Å². The van der Waals surface area contributed by atoms with Crippen LogP contribution in [0.5, 0.6) is 0 Å². The number of carbonyl (C=O) groups excluding carboxylic acids is 1. The molecule has 1 rings (SSSR count). The summed E-state index contributed by atoms with van der Waals surface area (Å²) in [5, 5.41) is 0. The minimum absolute atomic E-state index is 0.122. The molecule has 1 aromatic rings. The van der Waals surface area contributed by atoms with Gasteiger partial charge in [-0.25, -0.2) is 0 Å². The van der Waals surface area contributed by atoms with Crippen LogP contribution in [0.25, 0.3) is 6.08 Å². The van der Waals surface area contributed by atoms with Gasteiger partial charge < -0.3 is 4.90 Å². The van der Waals surface area contributed by atoms with Crippen molar-refractivity contribution in [1.82, 2.24) is 4.90 Å². The van der Waals surface area contributed by atoms with Crippen LogP contribution in [0.15, 0.2) is 30.3 Å². The van der Waals surface area contributed by atoms with Crippen molar-refractivity contribution in [3.63, 3.8) is 0 Å².